The summed E-state index contributed by atoms with van der Waals surface area (Å²) in [7, 11) is 2.49. The summed E-state index contributed by atoms with van der Waals surface area (Å²) in [5.41, 5.74) is 1.11. The van der Waals surface area contributed by atoms with Gasteiger partial charge in [0.1, 0.15) is 35.6 Å². The molecule has 0 unspecified atom stereocenters. The summed E-state index contributed by atoms with van der Waals surface area (Å²) >= 11 is 0. The molecule has 0 bridgehead atoms. The highest BCUT2D eigenvalue weighted by Gasteiger charge is 2.35. The molecule has 3 atom stereocenters. The molecule has 2 aromatic heterocycles. The number of carbonyl (C=O) groups is 4. The normalized spacial score (nSPS) is 18.4. The third kappa shape index (κ3) is 7.16. The number of alkyl carbamates (subject to hydrolysis) is 2. The van der Waals surface area contributed by atoms with Crippen LogP contribution in [0.4, 0.5) is 9.59 Å². The number of nitrogens with zero attached hydrogens (tertiary/aromatic N) is 4. The number of imidazole rings is 2. The zero-order valence-electron chi connectivity index (χ0n) is 23.1. The Hall–Kier alpha value is -4.98. The predicted octanol–water partition coefficient (Wildman–Crippen LogP) is 0.964. The van der Waals surface area contributed by atoms with Crippen LogP contribution in [0.25, 0.3) is 0 Å². The van der Waals surface area contributed by atoms with Crippen LogP contribution in [-0.4, -0.2) is 93.6 Å². The van der Waals surface area contributed by atoms with Gasteiger partial charge >= 0.3 is 12.2 Å². The van der Waals surface area contributed by atoms with Gasteiger partial charge in [-0.3, -0.25) is 9.59 Å². The minimum absolute atomic E-state index is 0.151. The van der Waals surface area contributed by atoms with Crippen LogP contribution in [0.3, 0.4) is 0 Å². The van der Waals surface area contributed by atoms with Crippen LogP contribution in [0, 0.1) is 23.7 Å². The molecule has 4 rings (SSSR count). The summed E-state index contributed by atoms with van der Waals surface area (Å²) in [6, 6.07) is -1.20. The molecule has 2 aliphatic rings. The predicted molar refractivity (Wildman–Crippen MR) is 144 cm³/mol. The lowest BCUT2D eigenvalue weighted by Crippen LogP contribution is -2.46. The van der Waals surface area contributed by atoms with E-state index in [1.807, 2.05) is 0 Å². The van der Waals surface area contributed by atoms with Crippen molar-refractivity contribution in [1.82, 2.24) is 40.4 Å². The zero-order valence-corrected chi connectivity index (χ0v) is 23.1. The molecule has 2 fully saturated rings. The third-order valence-corrected chi connectivity index (χ3v) is 6.85. The molecule has 0 saturated carbocycles. The van der Waals surface area contributed by atoms with Crippen LogP contribution in [0.1, 0.15) is 67.7 Å². The molecular formula is C27H32N8O6. The summed E-state index contributed by atoms with van der Waals surface area (Å²) in [6.45, 7) is 2.60. The van der Waals surface area contributed by atoms with Gasteiger partial charge in [0.05, 0.1) is 38.7 Å². The molecule has 0 spiro atoms. The van der Waals surface area contributed by atoms with Crippen LogP contribution in [0.15, 0.2) is 12.4 Å². The SMILES string of the molecule is COC(=O)NCC(=O)N1CCC[C@H]1c1ncc(C#CC#Cc2cnc([C@@H]3CCCN3C(=O)[C@H](C)NC(=O)OC)[nH]2)[nH]1. The highest BCUT2D eigenvalue weighted by molar-refractivity contribution is 5.85. The average molecular weight is 565 g/mol. The van der Waals surface area contributed by atoms with E-state index in [9.17, 15) is 19.2 Å². The molecule has 216 valence electrons. The largest absolute Gasteiger partial charge is 0.453 e. The Morgan fingerprint density at radius 1 is 0.927 bits per heavy atom. The second-order valence-corrected chi connectivity index (χ2v) is 9.50. The number of amides is 4. The fourth-order valence-electron chi connectivity index (χ4n) is 4.87. The molecule has 2 aromatic rings. The highest BCUT2D eigenvalue weighted by atomic mass is 16.5. The first-order valence-electron chi connectivity index (χ1n) is 13.2. The van der Waals surface area contributed by atoms with E-state index in [0.29, 0.717) is 36.1 Å². The Bertz CT molecular complexity index is 1410. The van der Waals surface area contributed by atoms with Gasteiger partial charge in [-0.25, -0.2) is 19.6 Å². The summed E-state index contributed by atoms with van der Waals surface area (Å²) in [4.78, 5) is 66.6. The topological polar surface area (TPSA) is 175 Å². The number of aromatic nitrogens is 4. The number of hydrogen-bond acceptors (Lipinski definition) is 8. The van der Waals surface area contributed by atoms with Crippen LogP contribution < -0.4 is 10.6 Å². The number of hydrogen-bond donors (Lipinski definition) is 4. The summed E-state index contributed by atoms with van der Waals surface area (Å²) in [6.07, 6.45) is 4.99. The van der Waals surface area contributed by atoms with Gasteiger partial charge in [-0.05, 0) is 56.3 Å². The molecule has 2 aliphatic heterocycles. The number of carbonyl (C=O) groups excluding carboxylic acids is 4. The summed E-state index contributed by atoms with van der Waals surface area (Å²) in [5.74, 6) is 12.2. The van der Waals surface area contributed by atoms with Gasteiger partial charge in [0, 0.05) is 13.1 Å². The number of nitrogens with one attached hydrogen (secondary N) is 4. The highest BCUT2D eigenvalue weighted by Crippen LogP contribution is 2.31. The fraction of sp³-hybridized carbons (Fsp3) is 0.481. The van der Waals surface area contributed by atoms with Gasteiger partial charge in [0.15, 0.2) is 0 Å². The number of likely N-dealkylation sites (tertiary alicyclic amines) is 2. The third-order valence-electron chi connectivity index (χ3n) is 6.85. The van der Waals surface area contributed by atoms with Gasteiger partial charge in [-0.2, -0.15) is 0 Å². The molecule has 0 aromatic carbocycles. The lowest BCUT2D eigenvalue weighted by atomic mass is 10.2. The quantitative estimate of drug-likeness (QED) is 0.375. The maximum atomic E-state index is 12.9. The number of aromatic amines is 2. The Labute approximate surface area is 236 Å². The van der Waals surface area contributed by atoms with E-state index in [-0.39, 0.29) is 30.4 Å². The van der Waals surface area contributed by atoms with Crippen LogP contribution in [-0.2, 0) is 19.1 Å². The minimum Gasteiger partial charge on any atom is -0.453 e. The zero-order chi connectivity index (χ0) is 29.4. The molecule has 4 N–H and O–H groups in total. The lowest BCUT2D eigenvalue weighted by molar-refractivity contribution is -0.134. The van der Waals surface area contributed by atoms with Crippen molar-refractivity contribution >= 4 is 24.0 Å². The van der Waals surface area contributed by atoms with Gasteiger partial charge in [-0.1, -0.05) is 0 Å². The summed E-state index contributed by atoms with van der Waals surface area (Å²) in [5, 5.41) is 4.91. The maximum Gasteiger partial charge on any atom is 0.407 e. The monoisotopic (exact) mass is 564 g/mol. The van der Waals surface area contributed by atoms with Crippen LogP contribution >= 0.6 is 0 Å². The average Bonchev–Trinajstić information content (AvgIpc) is 3.79. The molecule has 14 heteroatoms. The van der Waals surface area contributed by atoms with Gasteiger partial charge in [0.25, 0.3) is 0 Å². The van der Waals surface area contributed by atoms with E-state index in [1.165, 1.54) is 14.2 Å². The second kappa shape index (κ2) is 13.4. The van der Waals surface area contributed by atoms with Crippen molar-refractivity contribution in [3.8, 4) is 23.7 Å². The Morgan fingerprint density at radius 2 is 1.46 bits per heavy atom. The first kappa shape index (κ1) is 29.0. The van der Waals surface area contributed by atoms with Crippen molar-refractivity contribution in [1.29, 1.82) is 0 Å². The van der Waals surface area contributed by atoms with Crippen molar-refractivity contribution < 1.29 is 28.7 Å². The number of methoxy groups -OCH3 is 2. The van der Waals surface area contributed by atoms with Crippen LogP contribution in [0.2, 0.25) is 0 Å². The van der Waals surface area contributed by atoms with Crippen LogP contribution in [0.5, 0.6) is 0 Å². The Kier molecular flexibility index (Phi) is 9.47. The van der Waals surface area contributed by atoms with Crippen molar-refractivity contribution in [3.05, 3.63) is 35.4 Å². The molecular weight excluding hydrogens is 532 g/mol. The molecule has 14 nitrogen and oxygen atoms in total. The first-order chi connectivity index (χ1) is 19.8. The number of H-pyrrole nitrogens is 2. The van der Waals surface area contributed by atoms with E-state index in [1.54, 1.807) is 29.1 Å². The number of rotatable bonds is 6. The molecule has 4 amide bonds. The van der Waals surface area contributed by atoms with Gasteiger partial charge in [0.2, 0.25) is 11.8 Å². The second-order valence-electron chi connectivity index (χ2n) is 9.50. The Morgan fingerprint density at radius 3 is 2.02 bits per heavy atom. The van der Waals surface area contributed by atoms with E-state index >= 15 is 0 Å². The standard InChI is InChI=1S/C27H32N8O6/c1-17(31-27(39)41-3)25(37)35-13-7-11-21(35)24-29-15-19(33-24)9-5-4-8-18-14-28-23(32-18)20-10-6-12-34(20)22(36)16-30-26(38)40-2/h14-15,17,20-21H,6-7,10-13,16H2,1-3H3,(H,28,32)(H,29,33)(H,30,38)(H,31,39)/t17-,20-,21-/m0/s1. The molecule has 41 heavy (non-hydrogen) atoms. The van der Waals surface area contributed by atoms with Gasteiger partial charge < -0.3 is 39.9 Å². The molecule has 0 aliphatic carbocycles. The minimum atomic E-state index is -0.726. The van der Waals surface area contributed by atoms with Gasteiger partial charge in [-0.15, -0.1) is 0 Å². The van der Waals surface area contributed by atoms with E-state index in [4.69, 9.17) is 0 Å². The van der Waals surface area contributed by atoms with E-state index in [0.717, 1.165) is 25.7 Å². The van der Waals surface area contributed by atoms with Crippen molar-refractivity contribution in [3.63, 3.8) is 0 Å². The molecule has 4 heterocycles. The lowest BCUT2D eigenvalue weighted by Gasteiger charge is -2.26. The molecule has 2 saturated heterocycles. The van der Waals surface area contributed by atoms with E-state index in [2.05, 4.69) is 63.7 Å². The van der Waals surface area contributed by atoms with Crippen molar-refractivity contribution in [2.75, 3.05) is 33.9 Å². The fourth-order valence-corrected chi connectivity index (χ4v) is 4.87. The smallest absolute Gasteiger partial charge is 0.407 e. The summed E-state index contributed by atoms with van der Waals surface area (Å²) < 4.78 is 9.09. The maximum absolute atomic E-state index is 12.9. The first-order valence-corrected chi connectivity index (χ1v) is 13.2. The van der Waals surface area contributed by atoms with Crippen molar-refractivity contribution in [2.45, 2.75) is 50.7 Å². The van der Waals surface area contributed by atoms with Crippen molar-refractivity contribution in [2.24, 2.45) is 0 Å². The van der Waals surface area contributed by atoms with E-state index < -0.39 is 18.2 Å². The molecule has 0 radical (unpaired) electrons. The number of ether oxygens (including phenoxy) is 2. The Balaban J connectivity index is 1.35.